The Kier molecular flexibility index (Phi) is 7.39. The Labute approximate surface area is 165 Å². The number of nitrogens with zero attached hydrogens (tertiary/aromatic N) is 3. The van der Waals surface area contributed by atoms with Crippen LogP contribution in [0.15, 0.2) is 34.1 Å². The number of benzene rings is 1. The van der Waals surface area contributed by atoms with Crippen molar-refractivity contribution in [2.24, 2.45) is 16.2 Å². The summed E-state index contributed by atoms with van der Waals surface area (Å²) in [6.45, 7) is 6.88. The summed E-state index contributed by atoms with van der Waals surface area (Å²) in [5.74, 6) is 4.92. The van der Waals surface area contributed by atoms with Crippen LogP contribution in [0.2, 0.25) is 0 Å². The highest BCUT2D eigenvalue weighted by Crippen LogP contribution is 2.29. The largest absolute Gasteiger partial charge is 0.463 e. The minimum Gasteiger partial charge on any atom is -0.463 e. The van der Waals surface area contributed by atoms with Crippen molar-refractivity contribution in [1.29, 1.82) is 0 Å². The number of aryl methyl sites for hydroxylation is 1. The summed E-state index contributed by atoms with van der Waals surface area (Å²) in [4.78, 5) is 14.7. The standard InChI is InChI=1S/C20H29N5O3/c1-2-28-20(26)17-13-16-6-5-15(4-3-7-25-8-10-27-11-9-25)12-18(16)22-19(14-17)23-24-21/h5-6,12-13,19,22H,2-4,7-11,14H2,1H3,(H2,21,23). The molecule has 8 nitrogen and oxygen atoms in total. The lowest BCUT2D eigenvalue weighted by atomic mass is 10.0. The zero-order valence-corrected chi connectivity index (χ0v) is 16.4. The molecule has 1 unspecified atom stereocenters. The highest BCUT2D eigenvalue weighted by Gasteiger charge is 2.22. The van der Waals surface area contributed by atoms with Crippen molar-refractivity contribution < 1.29 is 14.3 Å². The average Bonchev–Trinajstić information content (AvgIpc) is 2.88. The quantitative estimate of drug-likeness (QED) is 0.322. The topological polar surface area (TPSA) is 102 Å². The molecular formula is C20H29N5O3. The lowest BCUT2D eigenvalue weighted by molar-refractivity contribution is -0.138. The fraction of sp³-hybridized carbons (Fsp3) is 0.550. The Hall–Kier alpha value is -2.45. The summed E-state index contributed by atoms with van der Waals surface area (Å²) in [5, 5.41) is 10.8. The third-order valence-corrected chi connectivity index (χ3v) is 4.97. The second-order valence-corrected chi connectivity index (χ2v) is 6.96. The number of hydrogen-bond donors (Lipinski definition) is 2. The van der Waals surface area contributed by atoms with Gasteiger partial charge in [0.15, 0.2) is 0 Å². The number of morpholine rings is 1. The third kappa shape index (κ3) is 5.53. The van der Waals surface area contributed by atoms with Crippen molar-refractivity contribution in [1.82, 2.24) is 4.90 Å². The summed E-state index contributed by atoms with van der Waals surface area (Å²) < 4.78 is 10.6. The van der Waals surface area contributed by atoms with E-state index in [2.05, 4.69) is 32.7 Å². The van der Waals surface area contributed by atoms with Gasteiger partial charge < -0.3 is 20.6 Å². The van der Waals surface area contributed by atoms with Crippen LogP contribution in [0.1, 0.15) is 30.9 Å². The first-order valence-corrected chi connectivity index (χ1v) is 9.87. The second-order valence-electron chi connectivity index (χ2n) is 6.96. The molecule has 0 spiro atoms. The van der Waals surface area contributed by atoms with Crippen LogP contribution in [0, 0.1) is 0 Å². The molecule has 0 bridgehead atoms. The van der Waals surface area contributed by atoms with Gasteiger partial charge in [-0.05, 0) is 49.6 Å². The van der Waals surface area contributed by atoms with E-state index in [1.165, 1.54) is 5.56 Å². The van der Waals surface area contributed by atoms with E-state index in [4.69, 9.17) is 15.3 Å². The molecule has 0 aromatic heterocycles. The van der Waals surface area contributed by atoms with Gasteiger partial charge in [-0.2, -0.15) is 0 Å². The van der Waals surface area contributed by atoms with Gasteiger partial charge in [-0.3, -0.25) is 4.90 Å². The molecule has 28 heavy (non-hydrogen) atoms. The van der Waals surface area contributed by atoms with E-state index >= 15 is 0 Å². The number of carbonyl (C=O) groups excluding carboxylic acids is 1. The average molecular weight is 387 g/mol. The van der Waals surface area contributed by atoms with Gasteiger partial charge in [0.1, 0.15) is 6.17 Å². The number of hydrogen-bond acceptors (Lipinski definition) is 7. The molecule has 1 aromatic rings. The van der Waals surface area contributed by atoms with Crippen molar-refractivity contribution in [3.63, 3.8) is 0 Å². The number of anilines is 1. The highest BCUT2D eigenvalue weighted by molar-refractivity contribution is 5.95. The van der Waals surface area contributed by atoms with Crippen LogP contribution in [-0.2, 0) is 20.7 Å². The molecule has 2 aliphatic heterocycles. The van der Waals surface area contributed by atoms with Crippen LogP contribution in [0.3, 0.4) is 0 Å². The van der Waals surface area contributed by atoms with Crippen LogP contribution in [0.5, 0.6) is 0 Å². The van der Waals surface area contributed by atoms with E-state index in [-0.39, 0.29) is 5.97 Å². The van der Waals surface area contributed by atoms with Crippen LogP contribution >= 0.6 is 0 Å². The molecule has 152 valence electrons. The van der Waals surface area contributed by atoms with E-state index < -0.39 is 6.17 Å². The molecular weight excluding hydrogens is 358 g/mol. The maximum atomic E-state index is 12.2. The van der Waals surface area contributed by atoms with Crippen LogP contribution in [0.4, 0.5) is 5.69 Å². The maximum Gasteiger partial charge on any atom is 0.334 e. The number of nitrogens with one attached hydrogen (secondary N) is 1. The van der Waals surface area contributed by atoms with Crippen molar-refractivity contribution in [2.75, 3.05) is 44.8 Å². The minimum absolute atomic E-state index is 0.330. The molecule has 0 aliphatic carbocycles. The van der Waals surface area contributed by atoms with Crippen LogP contribution < -0.4 is 11.2 Å². The van der Waals surface area contributed by atoms with Gasteiger partial charge in [0.2, 0.25) is 0 Å². The fourth-order valence-electron chi connectivity index (χ4n) is 3.54. The Morgan fingerprint density at radius 1 is 1.39 bits per heavy atom. The van der Waals surface area contributed by atoms with E-state index in [0.717, 1.165) is 56.9 Å². The Bertz CT molecular complexity index is 729. The van der Waals surface area contributed by atoms with Gasteiger partial charge in [-0.25, -0.2) is 4.79 Å². The summed E-state index contributed by atoms with van der Waals surface area (Å²) in [7, 11) is 0. The molecule has 0 amide bonds. The molecule has 2 heterocycles. The van der Waals surface area contributed by atoms with Crippen molar-refractivity contribution in [2.45, 2.75) is 32.4 Å². The third-order valence-electron chi connectivity index (χ3n) is 4.97. The molecule has 1 atom stereocenters. The van der Waals surface area contributed by atoms with E-state index in [1.807, 2.05) is 12.1 Å². The van der Waals surface area contributed by atoms with Gasteiger partial charge in [0, 0.05) is 30.8 Å². The molecule has 0 saturated carbocycles. The number of esters is 1. The summed E-state index contributed by atoms with van der Waals surface area (Å²) in [6.07, 6.45) is 3.92. The van der Waals surface area contributed by atoms with E-state index in [0.29, 0.717) is 18.6 Å². The number of carbonyl (C=O) groups is 1. The van der Waals surface area contributed by atoms with Crippen LogP contribution in [0.25, 0.3) is 6.08 Å². The first-order valence-electron chi connectivity index (χ1n) is 9.87. The van der Waals surface area contributed by atoms with Crippen LogP contribution in [-0.4, -0.2) is 56.5 Å². The van der Waals surface area contributed by atoms with Crippen molar-refractivity contribution >= 4 is 17.7 Å². The summed E-state index contributed by atoms with van der Waals surface area (Å²) in [5.41, 5.74) is 3.68. The summed E-state index contributed by atoms with van der Waals surface area (Å²) in [6, 6.07) is 6.27. The van der Waals surface area contributed by atoms with Gasteiger partial charge in [0.25, 0.3) is 0 Å². The van der Waals surface area contributed by atoms with E-state index in [1.54, 1.807) is 6.92 Å². The molecule has 8 heteroatoms. The molecule has 0 radical (unpaired) electrons. The molecule has 1 fully saturated rings. The number of ether oxygens (including phenoxy) is 2. The predicted octanol–water partition coefficient (Wildman–Crippen LogP) is 2.37. The highest BCUT2D eigenvalue weighted by atomic mass is 16.5. The SMILES string of the molecule is CCOC(=O)C1=Cc2ccc(CCCN3CCOCC3)cc2NC(N=NN)C1. The Morgan fingerprint density at radius 2 is 2.21 bits per heavy atom. The minimum atomic E-state index is -0.398. The second kappa shape index (κ2) is 10.2. The molecule has 1 saturated heterocycles. The first-order chi connectivity index (χ1) is 13.7. The predicted molar refractivity (Wildman–Crippen MR) is 108 cm³/mol. The Morgan fingerprint density at radius 3 is 2.96 bits per heavy atom. The monoisotopic (exact) mass is 387 g/mol. The van der Waals surface area contributed by atoms with E-state index in [9.17, 15) is 4.79 Å². The van der Waals surface area contributed by atoms with Gasteiger partial charge in [-0.1, -0.05) is 17.4 Å². The molecule has 1 aromatic carbocycles. The van der Waals surface area contributed by atoms with Gasteiger partial charge in [0.05, 0.1) is 19.8 Å². The molecule has 3 N–H and O–H groups in total. The molecule has 2 aliphatic rings. The maximum absolute atomic E-state index is 12.2. The first kappa shape index (κ1) is 20.3. The molecule has 3 rings (SSSR count). The number of nitrogens with two attached hydrogens (primary N) is 1. The van der Waals surface area contributed by atoms with Crippen molar-refractivity contribution in [3.8, 4) is 0 Å². The lowest BCUT2D eigenvalue weighted by Crippen LogP contribution is -2.36. The van der Waals surface area contributed by atoms with Gasteiger partial charge in [-0.15, -0.1) is 5.11 Å². The zero-order chi connectivity index (χ0) is 19.8. The van der Waals surface area contributed by atoms with Crippen molar-refractivity contribution in [3.05, 3.63) is 34.9 Å². The normalized spacial score (nSPS) is 20.2. The smallest absolute Gasteiger partial charge is 0.334 e. The summed E-state index contributed by atoms with van der Waals surface area (Å²) >= 11 is 0. The zero-order valence-electron chi connectivity index (χ0n) is 16.4. The Balaban J connectivity index is 1.70. The lowest BCUT2D eigenvalue weighted by Gasteiger charge is -2.26. The number of fused-ring (bicyclic) bond motifs is 1. The van der Waals surface area contributed by atoms with Gasteiger partial charge >= 0.3 is 5.97 Å². The number of rotatable bonds is 7. The fourth-order valence-corrected chi connectivity index (χ4v) is 3.54.